The topological polar surface area (TPSA) is 104 Å². The molecular weight excluding hydrogens is 584 g/mol. The predicted molar refractivity (Wildman–Crippen MR) is 141 cm³/mol. The number of halogens is 6. The summed E-state index contributed by atoms with van der Waals surface area (Å²) in [5.74, 6) is -2.21. The maximum absolute atomic E-state index is 14.4. The number of anilines is 1. The molecule has 0 spiro atoms. The van der Waals surface area contributed by atoms with Gasteiger partial charge in [0.15, 0.2) is 0 Å². The van der Waals surface area contributed by atoms with Crippen LogP contribution in [-0.2, 0) is 20.5 Å². The number of nitrogens with zero attached hydrogens (tertiary/aromatic N) is 3. The number of likely N-dealkylation sites (tertiary alicyclic amines) is 1. The van der Waals surface area contributed by atoms with Crippen molar-refractivity contribution in [3.05, 3.63) is 36.0 Å². The molecule has 2 atom stereocenters. The van der Waals surface area contributed by atoms with Gasteiger partial charge in [0.2, 0.25) is 11.8 Å². The van der Waals surface area contributed by atoms with Gasteiger partial charge in [-0.05, 0) is 64.3 Å². The molecule has 3 heterocycles. The first-order valence-corrected chi connectivity index (χ1v) is 13.7. The lowest BCUT2D eigenvalue weighted by atomic mass is 9.95. The summed E-state index contributed by atoms with van der Waals surface area (Å²) in [4.78, 5) is 44.8. The van der Waals surface area contributed by atoms with Gasteiger partial charge in [0.25, 0.3) is 0 Å². The molecule has 43 heavy (non-hydrogen) atoms. The third-order valence-electron chi connectivity index (χ3n) is 8.50. The SMILES string of the molecule is CC(C)(C)OC(=O)N1CCC(C(=O)NNC(=O)[C@]23CN(c4ccc(C(F)(F)F)c5ncccc45)C[C@@]2(C(F)(F)F)C3)CC1. The average Bonchev–Trinajstić information content (AvgIpc) is 3.46. The summed E-state index contributed by atoms with van der Waals surface area (Å²) in [6, 6.07) is 4.60. The van der Waals surface area contributed by atoms with E-state index in [2.05, 4.69) is 15.8 Å². The smallest absolute Gasteiger partial charge is 0.418 e. The van der Waals surface area contributed by atoms with Crippen LogP contribution in [0.5, 0.6) is 0 Å². The number of benzene rings is 1. The van der Waals surface area contributed by atoms with Crippen molar-refractivity contribution < 1.29 is 45.5 Å². The van der Waals surface area contributed by atoms with Crippen LogP contribution < -0.4 is 15.8 Å². The monoisotopic (exact) mass is 615 g/mol. The largest absolute Gasteiger partial charge is 0.444 e. The lowest BCUT2D eigenvalue weighted by Gasteiger charge is -2.33. The zero-order chi connectivity index (χ0) is 31.6. The van der Waals surface area contributed by atoms with Crippen LogP contribution in [0.2, 0.25) is 0 Å². The molecule has 3 fully saturated rings. The number of amides is 3. The molecule has 3 amide bonds. The van der Waals surface area contributed by atoms with Gasteiger partial charge in [0, 0.05) is 49.4 Å². The fourth-order valence-electron chi connectivity index (χ4n) is 6.25. The van der Waals surface area contributed by atoms with Crippen molar-refractivity contribution in [1.82, 2.24) is 20.7 Å². The van der Waals surface area contributed by atoms with Crippen molar-refractivity contribution in [3.63, 3.8) is 0 Å². The van der Waals surface area contributed by atoms with Crippen molar-refractivity contribution in [2.24, 2.45) is 16.7 Å². The molecule has 9 nitrogen and oxygen atoms in total. The first-order valence-electron chi connectivity index (χ1n) is 13.7. The Balaban J connectivity index is 1.28. The summed E-state index contributed by atoms with van der Waals surface area (Å²) in [5, 5.41) is 0.0116. The van der Waals surface area contributed by atoms with Gasteiger partial charge in [-0.2, -0.15) is 26.3 Å². The van der Waals surface area contributed by atoms with E-state index < -0.39 is 83.2 Å². The van der Waals surface area contributed by atoms with Crippen molar-refractivity contribution >= 4 is 34.5 Å². The molecule has 0 bridgehead atoms. The van der Waals surface area contributed by atoms with Gasteiger partial charge in [-0.15, -0.1) is 0 Å². The Morgan fingerprint density at radius 1 is 0.977 bits per heavy atom. The second-order valence-corrected chi connectivity index (χ2v) is 12.4. The zero-order valence-corrected chi connectivity index (χ0v) is 23.7. The maximum atomic E-state index is 14.4. The third kappa shape index (κ3) is 5.42. The molecule has 0 unspecified atom stereocenters. The van der Waals surface area contributed by atoms with E-state index in [1.54, 1.807) is 20.8 Å². The quantitative estimate of drug-likeness (QED) is 0.380. The van der Waals surface area contributed by atoms with E-state index in [4.69, 9.17) is 4.74 Å². The van der Waals surface area contributed by atoms with E-state index in [-0.39, 0.29) is 37.0 Å². The molecule has 2 saturated heterocycles. The Hall–Kier alpha value is -3.78. The van der Waals surface area contributed by atoms with Crippen LogP contribution in [0.25, 0.3) is 10.9 Å². The van der Waals surface area contributed by atoms with Crippen LogP contribution in [0, 0.1) is 16.7 Å². The van der Waals surface area contributed by atoms with E-state index in [1.165, 1.54) is 28.1 Å². The van der Waals surface area contributed by atoms with Crippen molar-refractivity contribution in [2.45, 2.75) is 58.0 Å². The Morgan fingerprint density at radius 2 is 1.65 bits per heavy atom. The van der Waals surface area contributed by atoms with Gasteiger partial charge >= 0.3 is 18.4 Å². The van der Waals surface area contributed by atoms with E-state index in [0.717, 1.165) is 12.1 Å². The number of nitrogens with one attached hydrogen (secondary N) is 2. The summed E-state index contributed by atoms with van der Waals surface area (Å²) in [5.41, 5.74) is -1.98. The van der Waals surface area contributed by atoms with Gasteiger partial charge in [0.05, 0.1) is 16.5 Å². The number of fused-ring (bicyclic) bond motifs is 2. The highest BCUT2D eigenvalue weighted by Crippen LogP contribution is 2.75. The van der Waals surface area contributed by atoms with Crippen molar-refractivity contribution in [2.75, 3.05) is 31.1 Å². The summed E-state index contributed by atoms with van der Waals surface area (Å²) in [6.07, 6.45) is -8.86. The van der Waals surface area contributed by atoms with E-state index in [1.807, 2.05) is 0 Å². The van der Waals surface area contributed by atoms with Gasteiger partial charge in [-0.25, -0.2) is 4.79 Å². The van der Waals surface area contributed by atoms with E-state index in [9.17, 15) is 40.7 Å². The highest BCUT2D eigenvalue weighted by Gasteiger charge is 2.86. The number of rotatable bonds is 3. The molecule has 2 aromatic rings. The molecule has 5 rings (SSSR count). The molecular formula is C28H31F6N5O4. The molecule has 0 radical (unpaired) electrons. The van der Waals surface area contributed by atoms with Gasteiger partial charge in [-0.3, -0.25) is 25.4 Å². The second-order valence-electron chi connectivity index (χ2n) is 12.4. The molecule has 234 valence electrons. The standard InChI is InChI=1S/C28H31F6N5O4/c1-24(2,3)43-23(42)38-11-8-16(9-12-38)21(40)36-37-22(41)25-13-26(25,28(32,33)34)15-39(14-25)19-7-6-18(27(29,30)31)20-17(19)5-4-10-35-20/h4-7,10,16H,8-9,11-15H2,1-3H3,(H,36,40)(H,37,41)/t25-,26-/m0/s1. The molecule has 1 aliphatic carbocycles. The molecule has 2 aliphatic heterocycles. The predicted octanol–water partition coefficient (Wildman–Crippen LogP) is 4.81. The van der Waals surface area contributed by atoms with Crippen LogP contribution in [-0.4, -0.2) is 65.7 Å². The highest BCUT2D eigenvalue weighted by molar-refractivity contribution is 5.96. The number of aromatic nitrogens is 1. The Kier molecular flexibility index (Phi) is 7.24. The van der Waals surface area contributed by atoms with Crippen molar-refractivity contribution in [3.8, 4) is 0 Å². The Bertz CT molecular complexity index is 1450. The maximum Gasteiger partial charge on any atom is 0.418 e. The number of ether oxygens (including phenoxy) is 1. The Labute approximate surface area is 242 Å². The normalized spacial score (nSPS) is 24.5. The summed E-state index contributed by atoms with van der Waals surface area (Å²) in [7, 11) is 0. The number of alkyl halides is 6. The third-order valence-corrected chi connectivity index (χ3v) is 8.50. The number of carbonyl (C=O) groups excluding carboxylic acids is 3. The number of hydrogen-bond donors (Lipinski definition) is 2. The lowest BCUT2D eigenvalue weighted by molar-refractivity contribution is -0.191. The number of piperidine rings is 2. The zero-order valence-electron chi connectivity index (χ0n) is 23.7. The average molecular weight is 616 g/mol. The second kappa shape index (κ2) is 10.2. The number of carbonyl (C=O) groups is 3. The van der Waals surface area contributed by atoms with Gasteiger partial charge in [-0.1, -0.05) is 0 Å². The van der Waals surface area contributed by atoms with Gasteiger partial charge in [0.1, 0.15) is 11.0 Å². The fourth-order valence-corrected chi connectivity index (χ4v) is 6.25. The van der Waals surface area contributed by atoms with Crippen LogP contribution in [0.3, 0.4) is 0 Å². The van der Waals surface area contributed by atoms with Crippen LogP contribution in [0.4, 0.5) is 36.8 Å². The van der Waals surface area contributed by atoms with E-state index >= 15 is 0 Å². The molecule has 1 saturated carbocycles. The highest BCUT2D eigenvalue weighted by atomic mass is 19.4. The fraction of sp³-hybridized carbons (Fsp3) is 0.571. The lowest BCUT2D eigenvalue weighted by Crippen LogP contribution is -2.51. The minimum absolute atomic E-state index is 0.0116. The molecule has 1 aromatic heterocycles. The number of hydrazine groups is 1. The molecule has 2 N–H and O–H groups in total. The first-order chi connectivity index (χ1) is 19.9. The summed E-state index contributed by atoms with van der Waals surface area (Å²) < 4.78 is 89.3. The summed E-state index contributed by atoms with van der Waals surface area (Å²) in [6.45, 7) is 4.58. The number of pyridine rings is 1. The number of hydrogen-bond acceptors (Lipinski definition) is 6. The molecule has 1 aromatic carbocycles. The Morgan fingerprint density at radius 3 is 2.26 bits per heavy atom. The molecule has 3 aliphatic rings. The van der Waals surface area contributed by atoms with Crippen LogP contribution in [0.15, 0.2) is 30.5 Å². The van der Waals surface area contributed by atoms with Crippen LogP contribution in [0.1, 0.15) is 45.6 Å². The minimum Gasteiger partial charge on any atom is -0.444 e. The van der Waals surface area contributed by atoms with E-state index in [0.29, 0.717) is 0 Å². The van der Waals surface area contributed by atoms with Crippen LogP contribution >= 0.6 is 0 Å². The molecule has 15 heteroatoms. The van der Waals surface area contributed by atoms with Gasteiger partial charge < -0.3 is 14.5 Å². The minimum atomic E-state index is -4.79. The first kappa shape index (κ1) is 30.7. The summed E-state index contributed by atoms with van der Waals surface area (Å²) >= 11 is 0. The van der Waals surface area contributed by atoms with Crippen molar-refractivity contribution in [1.29, 1.82) is 0 Å².